The number of aryl methyl sites for hydroxylation is 1. The van der Waals surface area contributed by atoms with E-state index in [1.54, 1.807) is 0 Å². The lowest BCUT2D eigenvalue weighted by Crippen LogP contribution is -1.97. The van der Waals surface area contributed by atoms with Gasteiger partial charge in [0.05, 0.1) is 0 Å². The van der Waals surface area contributed by atoms with Gasteiger partial charge in [-0.25, -0.2) is 8.78 Å². The molecule has 0 spiro atoms. The van der Waals surface area contributed by atoms with Gasteiger partial charge in [-0.1, -0.05) is 12.1 Å². The monoisotopic (exact) mass is 169 g/mol. The van der Waals surface area contributed by atoms with E-state index in [0.29, 0.717) is 0 Å². The second-order valence-corrected chi connectivity index (χ2v) is 2.49. The van der Waals surface area contributed by atoms with Crippen molar-refractivity contribution < 1.29 is 13.6 Å². The second-order valence-electron chi connectivity index (χ2n) is 2.49. The normalized spacial score (nSPS) is 9.92. The Labute approximate surface area is 69.0 Å². The van der Waals surface area contributed by atoms with Crippen LogP contribution in [-0.2, 0) is 11.2 Å². The highest BCUT2D eigenvalue weighted by Crippen LogP contribution is 2.15. The van der Waals surface area contributed by atoms with Gasteiger partial charge in [0, 0.05) is 6.42 Å². The van der Waals surface area contributed by atoms with Crippen molar-refractivity contribution >= 4 is 6.29 Å². The molecule has 1 aromatic rings. The minimum absolute atomic E-state index is 0.0492. The zero-order valence-corrected chi connectivity index (χ0v) is 6.53. The van der Waals surface area contributed by atoms with Crippen LogP contribution in [-0.4, -0.2) is 6.29 Å². The average Bonchev–Trinajstić information content (AvgIpc) is 2.07. The second kappa shape index (κ2) is 3.43. The predicted molar refractivity (Wildman–Crippen MR) is 40.5 cm³/mol. The van der Waals surface area contributed by atoms with Crippen LogP contribution in [0.1, 0.15) is 11.1 Å². The van der Waals surface area contributed by atoms with Crippen LogP contribution in [0, 0.1) is 18.6 Å². The van der Waals surface area contributed by atoms with Gasteiger partial charge >= 0.3 is 0 Å². The van der Waals surface area contributed by atoms with Crippen LogP contribution in [0.15, 0.2) is 12.1 Å². The Morgan fingerprint density at radius 2 is 2.00 bits per heavy atom. The molecule has 0 N–H and O–H groups in total. The molecule has 0 aliphatic carbocycles. The van der Waals surface area contributed by atoms with Gasteiger partial charge in [-0.15, -0.1) is 0 Å². The highest BCUT2D eigenvalue weighted by molar-refractivity contribution is 5.56. The zero-order valence-electron chi connectivity index (χ0n) is 6.53. The SMILES string of the molecule is Cc1ccc(C[C]=O)c(F)c1F. The molecule has 3 heteroatoms. The molecule has 1 aromatic carbocycles. The first kappa shape index (κ1) is 8.84. The van der Waals surface area contributed by atoms with Crippen molar-refractivity contribution in [2.75, 3.05) is 0 Å². The maximum Gasteiger partial charge on any atom is 0.203 e. The molecule has 1 nitrogen and oxygen atoms in total. The summed E-state index contributed by atoms with van der Waals surface area (Å²) >= 11 is 0. The van der Waals surface area contributed by atoms with E-state index in [2.05, 4.69) is 0 Å². The summed E-state index contributed by atoms with van der Waals surface area (Å²) in [5.41, 5.74) is 0.287. The first-order valence-corrected chi connectivity index (χ1v) is 3.45. The predicted octanol–water partition coefficient (Wildman–Crippen LogP) is 1.93. The average molecular weight is 169 g/mol. The topological polar surface area (TPSA) is 17.1 Å². The Bertz CT molecular complexity index is 308. The Morgan fingerprint density at radius 1 is 1.33 bits per heavy atom. The van der Waals surface area contributed by atoms with E-state index in [9.17, 15) is 13.6 Å². The summed E-state index contributed by atoms with van der Waals surface area (Å²) < 4.78 is 25.7. The van der Waals surface area contributed by atoms with Crippen LogP contribution < -0.4 is 0 Å². The van der Waals surface area contributed by atoms with Gasteiger partial charge in [0.25, 0.3) is 0 Å². The van der Waals surface area contributed by atoms with Gasteiger partial charge in [0.2, 0.25) is 6.29 Å². The minimum Gasteiger partial charge on any atom is -0.291 e. The summed E-state index contributed by atoms with van der Waals surface area (Å²) in [5.74, 6) is -1.83. The largest absolute Gasteiger partial charge is 0.291 e. The van der Waals surface area contributed by atoms with Gasteiger partial charge < -0.3 is 0 Å². The quantitative estimate of drug-likeness (QED) is 0.661. The minimum atomic E-state index is -0.946. The van der Waals surface area contributed by atoms with E-state index in [0.717, 1.165) is 0 Å². The van der Waals surface area contributed by atoms with E-state index in [4.69, 9.17) is 0 Å². The van der Waals surface area contributed by atoms with Gasteiger partial charge in [0.15, 0.2) is 11.6 Å². The highest BCUT2D eigenvalue weighted by atomic mass is 19.2. The van der Waals surface area contributed by atoms with Crippen LogP contribution in [0.25, 0.3) is 0 Å². The zero-order chi connectivity index (χ0) is 9.14. The molecule has 0 aliphatic heterocycles. The molecule has 0 aromatic heterocycles. The molecule has 12 heavy (non-hydrogen) atoms. The summed E-state index contributed by atoms with van der Waals surface area (Å²) in [6, 6.07) is 2.82. The number of rotatable bonds is 2. The van der Waals surface area contributed by atoms with E-state index in [1.165, 1.54) is 25.3 Å². The fraction of sp³-hybridized carbons (Fsp3) is 0.222. The molecular weight excluding hydrogens is 162 g/mol. The van der Waals surface area contributed by atoms with Gasteiger partial charge in [-0.2, -0.15) is 0 Å². The van der Waals surface area contributed by atoms with Crippen molar-refractivity contribution in [3.8, 4) is 0 Å². The molecule has 0 unspecified atom stereocenters. The molecule has 63 valence electrons. The lowest BCUT2D eigenvalue weighted by Gasteiger charge is -2.01. The molecule has 0 amide bonds. The Balaban J connectivity index is 3.16. The van der Waals surface area contributed by atoms with Crippen molar-refractivity contribution in [1.82, 2.24) is 0 Å². The molecule has 0 fully saturated rings. The molecule has 1 radical (unpaired) electrons. The van der Waals surface area contributed by atoms with Crippen LogP contribution in [0.3, 0.4) is 0 Å². The third-order valence-corrected chi connectivity index (χ3v) is 1.62. The van der Waals surface area contributed by atoms with E-state index < -0.39 is 11.6 Å². The molecule has 0 atom stereocenters. The van der Waals surface area contributed by atoms with Crippen molar-refractivity contribution in [2.24, 2.45) is 0 Å². The summed E-state index contributed by atoms with van der Waals surface area (Å²) in [6.45, 7) is 1.47. The van der Waals surface area contributed by atoms with Crippen LogP contribution in [0.2, 0.25) is 0 Å². The molecule has 0 aliphatic rings. The van der Waals surface area contributed by atoms with E-state index >= 15 is 0 Å². The lowest BCUT2D eigenvalue weighted by molar-refractivity contribution is 0.494. The van der Waals surface area contributed by atoms with Gasteiger partial charge in [-0.3, -0.25) is 4.79 Å². The summed E-state index contributed by atoms with van der Waals surface area (Å²) in [4.78, 5) is 9.91. The lowest BCUT2D eigenvalue weighted by atomic mass is 10.1. The number of carbonyl (C=O) groups excluding carboxylic acids is 1. The van der Waals surface area contributed by atoms with Crippen molar-refractivity contribution in [1.29, 1.82) is 0 Å². The third-order valence-electron chi connectivity index (χ3n) is 1.62. The maximum absolute atomic E-state index is 12.9. The molecular formula is C9H7F2O. The maximum atomic E-state index is 12.9. The Kier molecular flexibility index (Phi) is 2.53. The molecule has 0 saturated carbocycles. The highest BCUT2D eigenvalue weighted by Gasteiger charge is 2.09. The van der Waals surface area contributed by atoms with Gasteiger partial charge in [0.1, 0.15) is 0 Å². The van der Waals surface area contributed by atoms with E-state index in [1.807, 2.05) is 0 Å². The number of hydrogen-bond acceptors (Lipinski definition) is 1. The Hall–Kier alpha value is -1.25. The summed E-state index contributed by atoms with van der Waals surface area (Å²) in [6.07, 6.45) is 1.31. The fourth-order valence-electron chi connectivity index (χ4n) is 0.900. The van der Waals surface area contributed by atoms with Crippen molar-refractivity contribution in [3.05, 3.63) is 34.9 Å². The molecule has 0 heterocycles. The molecule has 0 bridgehead atoms. The van der Waals surface area contributed by atoms with Crippen LogP contribution in [0.5, 0.6) is 0 Å². The molecule has 0 saturated heterocycles. The molecule has 1 rings (SSSR count). The van der Waals surface area contributed by atoms with E-state index in [-0.39, 0.29) is 17.5 Å². The van der Waals surface area contributed by atoms with Gasteiger partial charge in [-0.05, 0) is 18.1 Å². The first-order chi connectivity index (χ1) is 5.66. The Morgan fingerprint density at radius 3 is 2.58 bits per heavy atom. The number of hydrogen-bond donors (Lipinski definition) is 0. The van der Waals surface area contributed by atoms with Crippen molar-refractivity contribution in [3.63, 3.8) is 0 Å². The first-order valence-electron chi connectivity index (χ1n) is 3.45. The standard InChI is InChI=1S/C9H7F2O/c1-6-2-3-7(4-5-12)9(11)8(6)10/h2-3H,4H2,1H3. The summed E-state index contributed by atoms with van der Waals surface area (Å²) in [7, 11) is 0. The van der Waals surface area contributed by atoms with Crippen LogP contribution >= 0.6 is 0 Å². The van der Waals surface area contributed by atoms with Crippen LogP contribution in [0.4, 0.5) is 8.78 Å². The number of halogens is 2. The number of benzene rings is 1. The third kappa shape index (κ3) is 1.49. The summed E-state index contributed by atoms with van der Waals surface area (Å²) in [5, 5.41) is 0. The fourth-order valence-corrected chi connectivity index (χ4v) is 0.900. The van der Waals surface area contributed by atoms with Crippen molar-refractivity contribution in [2.45, 2.75) is 13.3 Å². The smallest absolute Gasteiger partial charge is 0.203 e.